The molecule has 2 aliphatic rings. The second kappa shape index (κ2) is 10.0. The SMILES string of the molecule is C[C@@H]1CCCN1CCCOc1ccc(-n2c(C(=O)NC3CCCC3)cc3ccccc32)cc1. The van der Waals surface area contributed by atoms with Crippen LogP contribution < -0.4 is 10.1 Å². The Morgan fingerprint density at radius 1 is 1.03 bits per heavy atom. The monoisotopic (exact) mass is 445 g/mol. The summed E-state index contributed by atoms with van der Waals surface area (Å²) < 4.78 is 8.08. The maximum atomic E-state index is 13.2. The van der Waals surface area contributed by atoms with Crippen molar-refractivity contribution in [3.63, 3.8) is 0 Å². The van der Waals surface area contributed by atoms with Gasteiger partial charge in [0.15, 0.2) is 0 Å². The maximum absolute atomic E-state index is 13.2. The first kappa shape index (κ1) is 22.0. The molecular formula is C28H35N3O2. The molecule has 2 heterocycles. The van der Waals surface area contributed by atoms with Gasteiger partial charge in [-0.15, -0.1) is 0 Å². The van der Waals surface area contributed by atoms with Crippen LogP contribution >= 0.6 is 0 Å². The van der Waals surface area contributed by atoms with Crippen molar-refractivity contribution in [1.29, 1.82) is 0 Å². The van der Waals surface area contributed by atoms with Gasteiger partial charge in [0.1, 0.15) is 11.4 Å². The molecule has 33 heavy (non-hydrogen) atoms. The Morgan fingerprint density at radius 3 is 2.58 bits per heavy atom. The third kappa shape index (κ3) is 4.93. The highest BCUT2D eigenvalue weighted by molar-refractivity contribution is 6.00. The number of ether oxygens (including phenoxy) is 1. The summed E-state index contributed by atoms with van der Waals surface area (Å²) in [4.78, 5) is 15.7. The van der Waals surface area contributed by atoms with Gasteiger partial charge in [0.2, 0.25) is 0 Å². The Labute approximate surface area is 196 Å². The fourth-order valence-corrected chi connectivity index (χ4v) is 5.40. The quantitative estimate of drug-likeness (QED) is 0.462. The van der Waals surface area contributed by atoms with Crippen LogP contribution in [-0.2, 0) is 0 Å². The Kier molecular flexibility index (Phi) is 6.68. The number of carbonyl (C=O) groups is 1. The van der Waals surface area contributed by atoms with E-state index >= 15 is 0 Å². The van der Waals surface area contributed by atoms with Crippen LogP contribution in [0.1, 0.15) is 62.4 Å². The molecule has 1 aliphatic heterocycles. The molecular weight excluding hydrogens is 410 g/mol. The first-order valence-electron chi connectivity index (χ1n) is 12.6. The molecule has 5 nitrogen and oxygen atoms in total. The zero-order chi connectivity index (χ0) is 22.6. The van der Waals surface area contributed by atoms with Gasteiger partial charge < -0.3 is 19.5 Å². The largest absolute Gasteiger partial charge is 0.494 e. The maximum Gasteiger partial charge on any atom is 0.268 e. The Balaban J connectivity index is 1.29. The standard InChI is InChI=1S/C28H35N3O2/c1-21-8-6-17-30(21)18-7-19-33-25-15-13-24(14-16-25)31-26-12-5-2-9-22(26)20-27(31)28(32)29-23-10-3-4-11-23/h2,5,9,12-16,20-21,23H,3-4,6-8,10-11,17-19H2,1H3,(H,29,32)/t21-/m1/s1. The van der Waals surface area contributed by atoms with Crippen LogP contribution in [0.3, 0.4) is 0 Å². The van der Waals surface area contributed by atoms with E-state index in [9.17, 15) is 4.79 Å². The van der Waals surface area contributed by atoms with Crippen molar-refractivity contribution in [1.82, 2.24) is 14.8 Å². The molecule has 1 saturated carbocycles. The van der Waals surface area contributed by atoms with Gasteiger partial charge in [-0.3, -0.25) is 4.79 Å². The summed E-state index contributed by atoms with van der Waals surface area (Å²) in [5.74, 6) is 0.885. The van der Waals surface area contributed by atoms with Gasteiger partial charge >= 0.3 is 0 Å². The molecule has 0 unspecified atom stereocenters. The van der Waals surface area contributed by atoms with Gasteiger partial charge in [-0.25, -0.2) is 0 Å². The topological polar surface area (TPSA) is 46.5 Å². The van der Waals surface area contributed by atoms with Gasteiger partial charge in [0, 0.05) is 29.7 Å². The molecule has 1 saturated heterocycles. The minimum Gasteiger partial charge on any atom is -0.494 e. The van der Waals surface area contributed by atoms with E-state index in [4.69, 9.17) is 4.74 Å². The van der Waals surface area contributed by atoms with Crippen LogP contribution in [0.2, 0.25) is 0 Å². The van der Waals surface area contributed by atoms with E-state index in [1.165, 1.54) is 32.2 Å². The first-order chi connectivity index (χ1) is 16.2. The van der Waals surface area contributed by atoms with Crippen LogP contribution in [0, 0.1) is 0 Å². The number of rotatable bonds is 8. The minimum atomic E-state index is 0.00886. The van der Waals surface area contributed by atoms with Gasteiger partial charge in [0.05, 0.1) is 12.1 Å². The molecule has 3 aromatic rings. The zero-order valence-corrected chi connectivity index (χ0v) is 19.6. The molecule has 1 atom stereocenters. The molecule has 1 aromatic heterocycles. The highest BCUT2D eigenvalue weighted by atomic mass is 16.5. The third-order valence-corrected chi connectivity index (χ3v) is 7.28. The number of hydrogen-bond donors (Lipinski definition) is 1. The van der Waals surface area contributed by atoms with E-state index in [1.54, 1.807) is 0 Å². The average Bonchev–Trinajstić information content (AvgIpc) is 3.57. The summed E-state index contributed by atoms with van der Waals surface area (Å²) in [5, 5.41) is 4.32. The predicted octanol–water partition coefficient (Wildman–Crippen LogP) is 5.56. The van der Waals surface area contributed by atoms with Crippen molar-refractivity contribution in [2.45, 2.75) is 64.0 Å². The van der Waals surface area contributed by atoms with E-state index in [-0.39, 0.29) is 5.91 Å². The molecule has 0 radical (unpaired) electrons. The Bertz CT molecular complexity index is 1080. The van der Waals surface area contributed by atoms with Gasteiger partial charge in [0.25, 0.3) is 5.91 Å². The molecule has 5 rings (SSSR count). The van der Waals surface area contributed by atoms with Crippen molar-refractivity contribution in [3.05, 3.63) is 60.3 Å². The smallest absolute Gasteiger partial charge is 0.268 e. The highest BCUT2D eigenvalue weighted by Gasteiger charge is 2.22. The number of hydrogen-bond acceptors (Lipinski definition) is 3. The van der Waals surface area contributed by atoms with Crippen molar-refractivity contribution in [3.8, 4) is 11.4 Å². The lowest BCUT2D eigenvalue weighted by molar-refractivity contribution is 0.0931. The molecule has 0 bridgehead atoms. The van der Waals surface area contributed by atoms with Gasteiger partial charge in [-0.1, -0.05) is 31.0 Å². The molecule has 5 heteroatoms. The van der Waals surface area contributed by atoms with E-state index in [0.717, 1.165) is 54.8 Å². The average molecular weight is 446 g/mol. The predicted molar refractivity (Wildman–Crippen MR) is 133 cm³/mol. The second-order valence-electron chi connectivity index (χ2n) is 9.60. The summed E-state index contributed by atoms with van der Waals surface area (Å²) in [6.45, 7) is 5.37. The third-order valence-electron chi connectivity index (χ3n) is 7.28. The molecule has 1 N–H and O–H groups in total. The Morgan fingerprint density at radius 2 is 1.82 bits per heavy atom. The van der Waals surface area contributed by atoms with Gasteiger partial charge in [-0.2, -0.15) is 0 Å². The second-order valence-corrected chi connectivity index (χ2v) is 9.60. The summed E-state index contributed by atoms with van der Waals surface area (Å²) in [6, 6.07) is 19.3. The van der Waals surface area contributed by atoms with E-state index in [1.807, 2.05) is 30.3 Å². The number of nitrogens with zero attached hydrogens (tertiary/aromatic N) is 2. The Hall–Kier alpha value is -2.79. The molecule has 2 aromatic carbocycles. The first-order valence-corrected chi connectivity index (χ1v) is 12.6. The van der Waals surface area contributed by atoms with Crippen molar-refractivity contribution >= 4 is 16.8 Å². The molecule has 1 amide bonds. The molecule has 0 spiro atoms. The number of likely N-dealkylation sites (tertiary alicyclic amines) is 1. The number of carbonyl (C=O) groups excluding carboxylic acids is 1. The minimum absolute atomic E-state index is 0.00886. The normalized spacial score (nSPS) is 19.4. The number of aromatic nitrogens is 1. The number of para-hydroxylation sites is 1. The summed E-state index contributed by atoms with van der Waals surface area (Å²) in [6.07, 6.45) is 8.23. The fraction of sp³-hybridized carbons (Fsp3) is 0.464. The number of nitrogens with one attached hydrogen (secondary N) is 1. The lowest BCUT2D eigenvalue weighted by Crippen LogP contribution is -2.33. The van der Waals surface area contributed by atoms with Crippen molar-refractivity contribution in [2.24, 2.45) is 0 Å². The van der Waals surface area contributed by atoms with E-state index < -0.39 is 0 Å². The van der Waals surface area contributed by atoms with Crippen LogP contribution in [0.15, 0.2) is 54.6 Å². The van der Waals surface area contributed by atoms with Gasteiger partial charge in [-0.05, 0) is 82.0 Å². The summed E-state index contributed by atoms with van der Waals surface area (Å²) >= 11 is 0. The van der Waals surface area contributed by atoms with Crippen LogP contribution in [0.4, 0.5) is 0 Å². The lowest BCUT2D eigenvalue weighted by Gasteiger charge is -2.20. The molecule has 174 valence electrons. The number of benzene rings is 2. The lowest BCUT2D eigenvalue weighted by atomic mass is 10.2. The van der Waals surface area contributed by atoms with Crippen molar-refractivity contribution < 1.29 is 9.53 Å². The number of amides is 1. The molecule has 1 aliphatic carbocycles. The van der Waals surface area contributed by atoms with Crippen LogP contribution in [-0.4, -0.2) is 47.2 Å². The summed E-state index contributed by atoms with van der Waals surface area (Å²) in [7, 11) is 0. The van der Waals surface area contributed by atoms with Crippen LogP contribution in [0.5, 0.6) is 5.75 Å². The zero-order valence-electron chi connectivity index (χ0n) is 19.6. The van der Waals surface area contributed by atoms with E-state index in [2.05, 4.69) is 46.0 Å². The fourth-order valence-electron chi connectivity index (χ4n) is 5.40. The molecule has 2 fully saturated rings. The summed E-state index contributed by atoms with van der Waals surface area (Å²) in [5.41, 5.74) is 2.71. The van der Waals surface area contributed by atoms with Crippen molar-refractivity contribution in [2.75, 3.05) is 19.7 Å². The van der Waals surface area contributed by atoms with E-state index in [0.29, 0.717) is 17.8 Å². The van der Waals surface area contributed by atoms with Crippen LogP contribution in [0.25, 0.3) is 16.6 Å². The number of fused-ring (bicyclic) bond motifs is 1. The highest BCUT2D eigenvalue weighted by Crippen LogP contribution is 2.27.